The molecular weight excluding hydrogens is 913 g/mol. The highest BCUT2D eigenvalue weighted by Crippen LogP contribution is 2.40. The van der Waals surface area contributed by atoms with Gasteiger partial charge in [-0.2, -0.15) is 0 Å². The summed E-state index contributed by atoms with van der Waals surface area (Å²) in [6, 6.07) is 61.1. The number of rotatable bonds is 8. The second-order valence-corrected chi connectivity index (χ2v) is 20.2. The van der Waals surface area contributed by atoms with E-state index in [0.29, 0.717) is 5.69 Å². The molecule has 0 saturated carbocycles. The van der Waals surface area contributed by atoms with E-state index in [0.717, 1.165) is 72.6 Å². The topological polar surface area (TPSA) is 97.1 Å². The minimum atomic E-state index is -0.938. The zero-order chi connectivity index (χ0) is 48.4. The van der Waals surface area contributed by atoms with Crippen molar-refractivity contribution in [1.29, 1.82) is 0 Å². The van der Waals surface area contributed by atoms with Gasteiger partial charge >= 0.3 is 5.97 Å². The summed E-state index contributed by atoms with van der Waals surface area (Å²) in [6.45, 7) is 7.18. The molecule has 0 fully saturated rings. The number of hydrogen-bond donors (Lipinski definition) is 4. The second-order valence-electron chi connectivity index (χ2n) is 18.3. The molecule has 0 bridgehead atoms. The van der Waals surface area contributed by atoms with E-state index in [4.69, 9.17) is 5.73 Å². The summed E-state index contributed by atoms with van der Waals surface area (Å²) in [5, 5.41) is 23.2. The van der Waals surface area contributed by atoms with Crippen LogP contribution in [0.1, 0.15) is 38.2 Å². The van der Waals surface area contributed by atoms with E-state index in [1.165, 1.54) is 71.2 Å². The molecule has 352 valence electrons. The Morgan fingerprint density at radius 3 is 1.42 bits per heavy atom. The first-order valence-corrected chi connectivity index (χ1v) is 25.9. The van der Waals surface area contributed by atoms with Crippen molar-refractivity contribution in [3.05, 3.63) is 220 Å². The molecule has 71 heavy (non-hydrogen) atoms. The number of nitrogens with zero attached hydrogens (tertiary/aromatic N) is 3. The largest absolute Gasteiger partial charge is 0.478 e. The standard InChI is InChI=1S/C23H18N2O2S.C23H20N2S.C15H16N2/c26-23(27)19-7-6-18(25-11-9-15-3-1-2-4-21(15)25)14-20(19)24-17-5-8-22-16(13-17)10-12-28-22;1-16-6-8-20(25-12-10-17-4-2-3-5-22(17)25)15-21(16)24-19-7-9-23-18(14-19)11-13-26-23;1-11-6-7-13(10-14(11)16)17-9-8-12-4-2-3-5-15(12)17/h1-8,10,12-14,24H,9,11H2,(H,26,27);2-9,11,13-15,24H,10,12H2,1H3;2-7,10H,8-9,16H2,1H3. The van der Waals surface area contributed by atoms with Gasteiger partial charge < -0.3 is 36.2 Å². The maximum absolute atomic E-state index is 11.8. The van der Waals surface area contributed by atoms with E-state index >= 15 is 0 Å². The maximum atomic E-state index is 11.8. The molecule has 0 aliphatic carbocycles. The van der Waals surface area contributed by atoms with Crippen molar-refractivity contribution in [2.45, 2.75) is 33.1 Å². The normalized spacial score (nSPS) is 13.2. The number of thiophene rings is 2. The van der Waals surface area contributed by atoms with Gasteiger partial charge in [-0.1, -0.05) is 66.7 Å². The highest BCUT2D eigenvalue weighted by atomic mass is 32.1. The van der Waals surface area contributed by atoms with Gasteiger partial charge in [-0.15, -0.1) is 22.7 Å². The molecular formula is C61H54N6O2S2. The molecule has 0 unspecified atom stereocenters. The van der Waals surface area contributed by atoms with Gasteiger partial charge in [0.2, 0.25) is 0 Å². The Balaban J connectivity index is 0.000000119. The summed E-state index contributed by atoms with van der Waals surface area (Å²) in [5.74, 6) is -0.938. The zero-order valence-corrected chi connectivity index (χ0v) is 41.4. The number of carboxylic acids is 1. The van der Waals surface area contributed by atoms with Crippen LogP contribution < -0.4 is 31.1 Å². The predicted molar refractivity (Wildman–Crippen MR) is 302 cm³/mol. The van der Waals surface area contributed by atoms with Crippen LogP contribution in [0.15, 0.2) is 187 Å². The molecule has 2 aromatic heterocycles. The molecule has 0 spiro atoms. The van der Waals surface area contributed by atoms with Crippen molar-refractivity contribution in [3.63, 3.8) is 0 Å². The third kappa shape index (κ3) is 9.52. The average molecular weight is 967 g/mol. The summed E-state index contributed by atoms with van der Waals surface area (Å²) in [7, 11) is 0. The van der Waals surface area contributed by atoms with Gasteiger partial charge in [0.1, 0.15) is 0 Å². The summed E-state index contributed by atoms with van der Waals surface area (Å²) in [5.41, 5.74) is 24.8. The third-order valence-electron chi connectivity index (χ3n) is 13.8. The van der Waals surface area contributed by atoms with Crippen molar-refractivity contribution in [2.75, 3.05) is 50.7 Å². The van der Waals surface area contributed by atoms with Crippen molar-refractivity contribution in [3.8, 4) is 0 Å². The fourth-order valence-corrected chi connectivity index (χ4v) is 11.5. The van der Waals surface area contributed by atoms with Crippen LogP contribution in [0.25, 0.3) is 20.2 Å². The van der Waals surface area contributed by atoms with E-state index in [9.17, 15) is 9.90 Å². The highest BCUT2D eigenvalue weighted by molar-refractivity contribution is 7.17. The van der Waals surface area contributed by atoms with E-state index in [1.54, 1.807) is 28.7 Å². The van der Waals surface area contributed by atoms with Gasteiger partial charge in [0.05, 0.1) is 11.3 Å². The van der Waals surface area contributed by atoms with Crippen LogP contribution in [-0.4, -0.2) is 30.7 Å². The highest BCUT2D eigenvalue weighted by Gasteiger charge is 2.23. The number of anilines is 11. The Hall–Kier alpha value is -8.05. The summed E-state index contributed by atoms with van der Waals surface area (Å²) in [4.78, 5) is 18.8. The predicted octanol–water partition coefficient (Wildman–Crippen LogP) is 16.0. The first-order chi connectivity index (χ1) is 34.7. The van der Waals surface area contributed by atoms with Crippen LogP contribution in [0.4, 0.5) is 62.6 Å². The first-order valence-electron chi connectivity index (χ1n) is 24.1. The molecule has 0 radical (unpaired) electrons. The van der Waals surface area contributed by atoms with E-state index in [-0.39, 0.29) is 5.56 Å². The van der Waals surface area contributed by atoms with Crippen LogP contribution in [-0.2, 0) is 19.3 Å². The smallest absolute Gasteiger partial charge is 0.337 e. The molecule has 8 aromatic carbocycles. The average Bonchev–Trinajstić information content (AvgIpc) is 4.26. The summed E-state index contributed by atoms with van der Waals surface area (Å²) in [6.07, 6.45) is 3.22. The third-order valence-corrected chi connectivity index (χ3v) is 15.6. The molecule has 0 atom stereocenters. The number of aromatic carboxylic acids is 1. The molecule has 3 aliphatic rings. The van der Waals surface area contributed by atoms with Crippen LogP contribution in [0, 0.1) is 13.8 Å². The number of benzene rings is 8. The minimum Gasteiger partial charge on any atom is -0.478 e. The molecule has 5 heterocycles. The van der Waals surface area contributed by atoms with Crippen LogP contribution in [0.5, 0.6) is 0 Å². The molecule has 13 rings (SSSR count). The van der Waals surface area contributed by atoms with Crippen LogP contribution in [0.2, 0.25) is 0 Å². The number of aryl methyl sites for hydroxylation is 2. The van der Waals surface area contributed by atoms with E-state index in [1.807, 2.05) is 31.2 Å². The zero-order valence-electron chi connectivity index (χ0n) is 39.7. The number of carbonyl (C=O) groups is 1. The minimum absolute atomic E-state index is 0.265. The summed E-state index contributed by atoms with van der Waals surface area (Å²) >= 11 is 3.48. The number of carboxylic acid groups (broad SMARTS) is 1. The number of para-hydroxylation sites is 3. The fraction of sp³-hybridized carbons (Fsp3) is 0.131. The number of nitrogen functional groups attached to an aromatic ring is 1. The maximum Gasteiger partial charge on any atom is 0.337 e. The number of hydrogen-bond acceptors (Lipinski definition) is 9. The van der Waals surface area contributed by atoms with E-state index < -0.39 is 5.97 Å². The Morgan fingerprint density at radius 2 is 0.930 bits per heavy atom. The van der Waals surface area contributed by atoms with Crippen molar-refractivity contribution in [1.82, 2.24) is 0 Å². The Labute approximate surface area is 422 Å². The molecule has 5 N–H and O–H groups in total. The molecule has 3 aliphatic heterocycles. The lowest BCUT2D eigenvalue weighted by Gasteiger charge is -2.21. The molecule has 0 saturated heterocycles. The Morgan fingerprint density at radius 1 is 0.493 bits per heavy atom. The number of nitrogens with two attached hydrogens (primary N) is 1. The lowest BCUT2D eigenvalue weighted by molar-refractivity contribution is 0.0698. The Kier molecular flexibility index (Phi) is 12.6. The fourth-order valence-electron chi connectivity index (χ4n) is 9.92. The lowest BCUT2D eigenvalue weighted by atomic mass is 10.1. The van der Waals surface area contributed by atoms with Crippen molar-refractivity contribution >= 4 is 111 Å². The summed E-state index contributed by atoms with van der Waals surface area (Å²) < 4.78 is 2.54. The quantitative estimate of drug-likeness (QED) is 0.112. The van der Waals surface area contributed by atoms with Gasteiger partial charge in [0, 0.05) is 85.9 Å². The molecule has 10 heteroatoms. The van der Waals surface area contributed by atoms with Gasteiger partial charge in [-0.3, -0.25) is 0 Å². The lowest BCUT2D eigenvalue weighted by Crippen LogP contribution is -2.14. The number of nitrogens with one attached hydrogen (secondary N) is 2. The Bertz CT molecular complexity index is 3580. The van der Waals surface area contributed by atoms with Crippen LogP contribution >= 0.6 is 22.7 Å². The van der Waals surface area contributed by atoms with Gasteiger partial charge in [-0.25, -0.2) is 4.79 Å². The molecule has 0 amide bonds. The van der Waals surface area contributed by atoms with E-state index in [2.05, 4.69) is 189 Å². The van der Waals surface area contributed by atoms with Crippen molar-refractivity contribution in [2.24, 2.45) is 0 Å². The van der Waals surface area contributed by atoms with Gasteiger partial charge in [0.25, 0.3) is 0 Å². The SMILES string of the molecule is Cc1ccc(N2CCc3ccccc32)cc1N.Cc1ccc(N2CCc3ccccc32)cc1Nc1ccc2sccc2c1.O=C(O)c1ccc(N2CCc3ccccc32)cc1Nc1ccc2sccc2c1. The first kappa shape index (κ1) is 45.4. The number of fused-ring (bicyclic) bond motifs is 5. The van der Waals surface area contributed by atoms with Crippen LogP contribution in [0.3, 0.4) is 0 Å². The monoisotopic (exact) mass is 966 g/mol. The second kappa shape index (κ2) is 19.7. The van der Waals surface area contributed by atoms with Gasteiger partial charge in [-0.05, 0) is 192 Å². The molecule has 8 nitrogen and oxygen atoms in total. The van der Waals surface area contributed by atoms with Gasteiger partial charge in [0.15, 0.2) is 0 Å². The molecule has 10 aromatic rings. The van der Waals surface area contributed by atoms with Crippen molar-refractivity contribution < 1.29 is 9.90 Å².